The molecular weight excluding hydrogens is 506 g/mol. The van der Waals surface area contributed by atoms with Gasteiger partial charge >= 0.3 is 0 Å². The molecule has 0 bridgehead atoms. The van der Waals surface area contributed by atoms with Gasteiger partial charge in [0.25, 0.3) is 11.7 Å². The first-order valence-corrected chi connectivity index (χ1v) is 12.9. The monoisotopic (exact) mass is 535 g/mol. The largest absolute Gasteiger partial charge is 0.507 e. The van der Waals surface area contributed by atoms with Crippen molar-refractivity contribution in [2.75, 3.05) is 6.61 Å². The first kappa shape index (κ1) is 26.6. The van der Waals surface area contributed by atoms with E-state index in [2.05, 4.69) is 12.6 Å². The maximum Gasteiger partial charge on any atom is 0.296 e. The van der Waals surface area contributed by atoms with Gasteiger partial charge in [-0.1, -0.05) is 54.6 Å². The average Bonchev–Trinajstić information content (AvgIpc) is 3.58. The molecule has 1 fully saturated rings. The fraction of sp³-hybridized carbons (Fsp3) is 0.152. The molecule has 7 heteroatoms. The lowest BCUT2D eigenvalue weighted by Crippen LogP contribution is -2.29. The maximum atomic E-state index is 13.3. The minimum absolute atomic E-state index is 0.00439. The number of hydrogen-bond acceptors (Lipinski definition) is 6. The fourth-order valence-corrected chi connectivity index (χ4v) is 4.69. The molecule has 1 aliphatic rings. The van der Waals surface area contributed by atoms with E-state index in [0.717, 1.165) is 11.1 Å². The number of nitrogens with zero attached hydrogens (tertiary/aromatic N) is 1. The van der Waals surface area contributed by atoms with Crippen molar-refractivity contribution in [3.8, 4) is 11.5 Å². The number of carbonyl (C=O) groups is 2. The van der Waals surface area contributed by atoms with Crippen molar-refractivity contribution in [1.82, 2.24) is 4.90 Å². The zero-order valence-electron chi connectivity index (χ0n) is 22.1. The summed E-state index contributed by atoms with van der Waals surface area (Å²) in [6.07, 6.45) is 3.15. The third kappa shape index (κ3) is 5.68. The van der Waals surface area contributed by atoms with E-state index in [1.165, 1.54) is 11.2 Å². The second-order valence-electron chi connectivity index (χ2n) is 9.48. The Morgan fingerprint density at radius 3 is 2.38 bits per heavy atom. The minimum atomic E-state index is -0.823. The molecule has 40 heavy (non-hydrogen) atoms. The van der Waals surface area contributed by atoms with Crippen molar-refractivity contribution < 1.29 is 28.6 Å². The van der Waals surface area contributed by atoms with Crippen LogP contribution in [0, 0.1) is 6.92 Å². The van der Waals surface area contributed by atoms with Gasteiger partial charge in [0.05, 0.1) is 24.4 Å². The number of furan rings is 1. The topological polar surface area (TPSA) is 89.2 Å². The molecule has 0 saturated carbocycles. The minimum Gasteiger partial charge on any atom is -0.507 e. The molecular formula is C33H29NO6. The lowest BCUT2D eigenvalue weighted by atomic mass is 9.95. The van der Waals surface area contributed by atoms with Crippen LogP contribution in [0.5, 0.6) is 11.5 Å². The molecule has 1 aliphatic heterocycles. The molecule has 1 amide bonds. The van der Waals surface area contributed by atoms with Gasteiger partial charge in [-0.2, -0.15) is 0 Å². The third-order valence-corrected chi connectivity index (χ3v) is 6.63. The molecule has 0 aliphatic carbocycles. The predicted octanol–water partition coefficient (Wildman–Crippen LogP) is 6.35. The summed E-state index contributed by atoms with van der Waals surface area (Å²) >= 11 is 0. The van der Waals surface area contributed by atoms with E-state index in [1.54, 1.807) is 66.7 Å². The number of aryl methyl sites for hydroxylation is 1. The summed E-state index contributed by atoms with van der Waals surface area (Å²) in [6.45, 7) is 6.49. The van der Waals surface area contributed by atoms with Crippen molar-refractivity contribution in [3.05, 3.63) is 137 Å². The molecule has 1 saturated heterocycles. The normalized spacial score (nSPS) is 16.2. The van der Waals surface area contributed by atoms with E-state index < -0.39 is 17.7 Å². The number of aliphatic hydroxyl groups excluding tert-OH is 1. The van der Waals surface area contributed by atoms with E-state index >= 15 is 0 Å². The summed E-state index contributed by atoms with van der Waals surface area (Å²) in [4.78, 5) is 27.9. The van der Waals surface area contributed by atoms with E-state index in [0.29, 0.717) is 41.6 Å². The van der Waals surface area contributed by atoms with Crippen LogP contribution in [0.25, 0.3) is 5.76 Å². The molecule has 4 aromatic rings. The first-order chi connectivity index (χ1) is 19.4. The molecule has 0 unspecified atom stereocenters. The number of benzene rings is 3. The van der Waals surface area contributed by atoms with Gasteiger partial charge in [0.1, 0.15) is 36.2 Å². The Hall–Kier alpha value is -5.04. The standard InChI is InChI=1S/C33H29NO6/c1-3-17-38-26-13-9-24(10-14-26)30-29(32(36)33(37)34(30)20-28-8-5-18-39-28)31(35)25-11-15-27(16-12-25)40-21-23-7-4-6-22(2)19-23/h3-16,18-19,30,35H,1,17,20-21H2,2H3/b31-29+/t30-/m1/s1. The first-order valence-electron chi connectivity index (χ1n) is 12.9. The van der Waals surface area contributed by atoms with Gasteiger partial charge in [-0.15, -0.1) is 0 Å². The highest BCUT2D eigenvalue weighted by Gasteiger charge is 2.46. The maximum absolute atomic E-state index is 13.3. The fourth-order valence-electron chi connectivity index (χ4n) is 4.69. The van der Waals surface area contributed by atoms with Gasteiger partial charge in [-0.25, -0.2) is 0 Å². The quantitative estimate of drug-likeness (QED) is 0.110. The summed E-state index contributed by atoms with van der Waals surface area (Å²) in [6, 6.07) is 24.5. The Kier molecular flexibility index (Phi) is 7.82. The molecule has 3 aromatic carbocycles. The average molecular weight is 536 g/mol. The number of ketones is 1. The summed E-state index contributed by atoms with van der Waals surface area (Å²) in [5.74, 6) is 0.0141. The van der Waals surface area contributed by atoms with Crippen LogP contribution < -0.4 is 9.47 Å². The van der Waals surface area contributed by atoms with E-state index in [9.17, 15) is 14.7 Å². The zero-order chi connectivity index (χ0) is 28.1. The Morgan fingerprint density at radius 1 is 0.975 bits per heavy atom. The summed E-state index contributed by atoms with van der Waals surface area (Å²) in [7, 11) is 0. The van der Waals surface area contributed by atoms with Crippen LogP contribution in [0.2, 0.25) is 0 Å². The predicted molar refractivity (Wildman–Crippen MR) is 151 cm³/mol. The van der Waals surface area contributed by atoms with Gasteiger partial charge in [0.2, 0.25) is 0 Å². The lowest BCUT2D eigenvalue weighted by Gasteiger charge is -2.24. The van der Waals surface area contributed by atoms with E-state index in [1.807, 2.05) is 25.1 Å². The van der Waals surface area contributed by atoms with Crippen LogP contribution in [0.15, 0.2) is 114 Å². The Morgan fingerprint density at radius 2 is 1.70 bits per heavy atom. The number of hydrogen-bond donors (Lipinski definition) is 1. The SMILES string of the molecule is C=CCOc1ccc([C@@H]2/C(=C(\O)c3ccc(OCc4cccc(C)c4)cc3)C(=O)C(=O)N2Cc2ccco2)cc1. The molecule has 5 rings (SSSR count). The number of aliphatic hydroxyl groups is 1. The second-order valence-corrected chi connectivity index (χ2v) is 9.48. The molecule has 7 nitrogen and oxygen atoms in total. The van der Waals surface area contributed by atoms with Crippen LogP contribution in [0.3, 0.4) is 0 Å². The highest BCUT2D eigenvalue weighted by molar-refractivity contribution is 6.46. The van der Waals surface area contributed by atoms with Crippen molar-refractivity contribution >= 4 is 17.4 Å². The highest BCUT2D eigenvalue weighted by atomic mass is 16.5. The Labute approximate surface area is 232 Å². The zero-order valence-corrected chi connectivity index (χ0v) is 22.1. The van der Waals surface area contributed by atoms with E-state index in [-0.39, 0.29) is 17.9 Å². The van der Waals surface area contributed by atoms with Crippen molar-refractivity contribution in [3.63, 3.8) is 0 Å². The van der Waals surface area contributed by atoms with Gasteiger partial charge in [0, 0.05) is 5.56 Å². The van der Waals surface area contributed by atoms with E-state index in [4.69, 9.17) is 13.9 Å². The number of Topliss-reactive ketones (excluding diaryl/α,β-unsaturated/α-hetero) is 1. The highest BCUT2D eigenvalue weighted by Crippen LogP contribution is 2.41. The summed E-state index contributed by atoms with van der Waals surface area (Å²) in [5.41, 5.74) is 3.25. The van der Waals surface area contributed by atoms with Crippen LogP contribution >= 0.6 is 0 Å². The number of carbonyl (C=O) groups excluding carboxylic acids is 2. The van der Waals surface area contributed by atoms with Crippen molar-refractivity contribution in [2.24, 2.45) is 0 Å². The molecule has 0 radical (unpaired) electrons. The summed E-state index contributed by atoms with van der Waals surface area (Å²) in [5, 5.41) is 11.4. The van der Waals surface area contributed by atoms with Gasteiger partial charge in [-0.05, 0) is 66.6 Å². The molecule has 1 atom stereocenters. The Balaban J connectivity index is 1.45. The van der Waals surface area contributed by atoms with Crippen molar-refractivity contribution in [2.45, 2.75) is 26.1 Å². The lowest BCUT2D eigenvalue weighted by molar-refractivity contribution is -0.140. The van der Waals surface area contributed by atoms with Crippen LogP contribution in [-0.2, 0) is 22.7 Å². The number of likely N-dealkylation sites (tertiary alicyclic amines) is 1. The molecule has 202 valence electrons. The molecule has 0 spiro atoms. The van der Waals surface area contributed by atoms with Gasteiger partial charge in [-0.3, -0.25) is 9.59 Å². The number of amides is 1. The number of rotatable bonds is 10. The molecule has 1 aromatic heterocycles. The Bertz CT molecular complexity index is 1530. The van der Waals surface area contributed by atoms with Crippen LogP contribution in [0.1, 0.15) is 34.1 Å². The number of ether oxygens (including phenoxy) is 2. The molecule has 2 heterocycles. The second kappa shape index (κ2) is 11.8. The molecule has 1 N–H and O–H groups in total. The third-order valence-electron chi connectivity index (χ3n) is 6.63. The summed E-state index contributed by atoms with van der Waals surface area (Å²) < 4.78 is 16.9. The van der Waals surface area contributed by atoms with Gasteiger partial charge in [0.15, 0.2) is 0 Å². The van der Waals surface area contributed by atoms with Crippen LogP contribution in [-0.4, -0.2) is 28.3 Å². The van der Waals surface area contributed by atoms with Gasteiger partial charge < -0.3 is 23.9 Å². The van der Waals surface area contributed by atoms with Crippen molar-refractivity contribution in [1.29, 1.82) is 0 Å². The smallest absolute Gasteiger partial charge is 0.296 e. The van der Waals surface area contributed by atoms with Crippen LogP contribution in [0.4, 0.5) is 0 Å².